The van der Waals surface area contributed by atoms with Crippen molar-refractivity contribution in [3.63, 3.8) is 0 Å². The first-order valence-corrected chi connectivity index (χ1v) is 27.8. The summed E-state index contributed by atoms with van der Waals surface area (Å²) in [6.45, 7) is 18.8. The molecular weight excluding hydrogens is 1010 g/mol. The van der Waals surface area contributed by atoms with Crippen LogP contribution in [0.25, 0.3) is 10.9 Å². The molecular formula is C57H89N3O18. The van der Waals surface area contributed by atoms with Gasteiger partial charge in [-0.25, -0.2) is 4.79 Å². The number of aliphatic hydroxyl groups excluding tert-OH is 2. The number of carboxylic acids is 1. The lowest BCUT2D eigenvalue weighted by Gasteiger charge is -2.50. The predicted molar refractivity (Wildman–Crippen MR) is 286 cm³/mol. The summed E-state index contributed by atoms with van der Waals surface area (Å²) >= 11 is 0. The van der Waals surface area contributed by atoms with Crippen LogP contribution >= 0.6 is 0 Å². The molecule has 0 radical (unpaired) electrons. The highest BCUT2D eigenvalue weighted by Crippen LogP contribution is 2.42. The Morgan fingerprint density at radius 1 is 0.910 bits per heavy atom. The fourth-order valence-electron chi connectivity index (χ4n) is 12.3. The van der Waals surface area contributed by atoms with E-state index in [2.05, 4.69) is 5.32 Å². The number of Topliss-reactive ketones (excluding diaryl/α,β-unsaturated/α-hetero) is 1. The maximum atomic E-state index is 14.6. The second-order valence-electron chi connectivity index (χ2n) is 23.3. The van der Waals surface area contributed by atoms with E-state index >= 15 is 0 Å². The molecule has 0 amide bonds. The third-order valence-corrected chi connectivity index (χ3v) is 17.0. The van der Waals surface area contributed by atoms with Crippen molar-refractivity contribution in [2.75, 3.05) is 48.0 Å². The first-order chi connectivity index (χ1) is 36.6. The molecule has 21 heteroatoms. The van der Waals surface area contributed by atoms with Crippen molar-refractivity contribution in [1.82, 2.24) is 14.8 Å². The molecule has 0 saturated carbocycles. The average molecular weight is 1100 g/mol. The molecule has 0 bridgehead atoms. The molecule has 6 rings (SSSR count). The van der Waals surface area contributed by atoms with Crippen LogP contribution in [0.3, 0.4) is 0 Å². The molecule has 0 spiro atoms. The summed E-state index contributed by atoms with van der Waals surface area (Å²) in [6, 6.07) is 3.29. The van der Waals surface area contributed by atoms with Crippen molar-refractivity contribution in [1.29, 1.82) is 0 Å². The first-order valence-electron chi connectivity index (χ1n) is 27.8. The van der Waals surface area contributed by atoms with Gasteiger partial charge in [0.1, 0.15) is 40.5 Å². The van der Waals surface area contributed by atoms with Crippen molar-refractivity contribution in [3.05, 3.63) is 39.7 Å². The smallest absolute Gasteiger partial charge is 0.341 e. The quantitative estimate of drug-likeness (QED) is 0.109. The van der Waals surface area contributed by atoms with Crippen molar-refractivity contribution in [2.24, 2.45) is 23.7 Å². The summed E-state index contributed by atoms with van der Waals surface area (Å²) in [6.07, 6.45) is -6.37. The number of ketones is 1. The first kappa shape index (κ1) is 63.1. The van der Waals surface area contributed by atoms with Gasteiger partial charge in [0.2, 0.25) is 5.43 Å². The fraction of sp³-hybridized carbons (Fsp3) is 0.772. The number of likely N-dealkylation sites (N-methyl/N-ethyl adjacent to an activating group) is 1. The molecule has 1 aromatic carbocycles. The number of nitrogens with zero attached hydrogens (tertiary/aromatic N) is 2. The van der Waals surface area contributed by atoms with E-state index in [1.165, 1.54) is 34.3 Å². The van der Waals surface area contributed by atoms with Gasteiger partial charge >= 0.3 is 17.9 Å². The van der Waals surface area contributed by atoms with Crippen LogP contribution in [0, 0.1) is 23.7 Å². The number of methoxy groups -OCH3 is 2. The van der Waals surface area contributed by atoms with Crippen LogP contribution in [-0.2, 0) is 65.2 Å². The van der Waals surface area contributed by atoms with E-state index in [1.54, 1.807) is 52.2 Å². The Hall–Kier alpha value is -4.13. The molecule has 4 aliphatic heterocycles. The Balaban J connectivity index is 1.19. The Morgan fingerprint density at radius 2 is 1.59 bits per heavy atom. The number of cyclic esters (lactones) is 1. The van der Waals surface area contributed by atoms with E-state index in [1.807, 2.05) is 38.9 Å². The number of esters is 2. The summed E-state index contributed by atoms with van der Waals surface area (Å²) in [5, 5.41) is 48.6. The number of rotatable bonds is 17. The number of hydrogen-bond acceptors (Lipinski definition) is 19. The van der Waals surface area contributed by atoms with Crippen LogP contribution in [0.4, 0.5) is 0 Å². The summed E-state index contributed by atoms with van der Waals surface area (Å²) in [5.74, 6) is -6.09. The number of aromatic nitrogens is 1. The maximum Gasteiger partial charge on any atom is 0.341 e. The minimum Gasteiger partial charge on any atom is -0.491 e. The number of aliphatic hydroxyl groups is 3. The van der Waals surface area contributed by atoms with Gasteiger partial charge in [0.25, 0.3) is 0 Å². The van der Waals surface area contributed by atoms with Gasteiger partial charge in [0.05, 0.1) is 66.0 Å². The molecule has 2 aromatic rings. The molecule has 1 aromatic heterocycles. The number of aryl methyl sites for hydroxylation is 2. The van der Waals surface area contributed by atoms with E-state index < -0.39 is 119 Å². The molecule has 440 valence electrons. The number of nitrogens with one attached hydrogen (secondary N) is 1. The number of ether oxygens (including phenoxy) is 9. The molecule has 78 heavy (non-hydrogen) atoms. The van der Waals surface area contributed by atoms with Crippen LogP contribution < -0.4 is 15.5 Å². The summed E-state index contributed by atoms with van der Waals surface area (Å²) < 4.78 is 59.1. The topological polar surface area (TPSA) is 270 Å². The zero-order valence-electron chi connectivity index (χ0n) is 48.3. The van der Waals surface area contributed by atoms with Gasteiger partial charge in [-0.1, -0.05) is 27.7 Å². The van der Waals surface area contributed by atoms with Crippen molar-refractivity contribution in [2.45, 2.75) is 211 Å². The van der Waals surface area contributed by atoms with E-state index in [-0.39, 0.29) is 49.2 Å². The van der Waals surface area contributed by atoms with Gasteiger partial charge in [0.15, 0.2) is 18.7 Å². The molecule has 21 nitrogen and oxygen atoms in total. The SMILES string of the molecule is CC[C@H]1OC(=O)[C@H](C)[C@@H](O[C@H]2C[C@@](C)(OC)[C@@H](OC(=O)CCNCCCc3cc4c5c(c3)c(=O)c(C(=O)O)cn5CCCO4)[C@H](C)O2)[C@H](C)[C@@H](O[C@@H]2O[C@H](C)C[C@H](N(C)C)[C@H]2O)[C@](C)(OC)C[C@@H](C)C(=O)[C@H](C)[C@@H](O)[C@]1(C)O. The number of carbonyl (C=O) groups excluding carboxylic acids is 3. The van der Waals surface area contributed by atoms with Gasteiger partial charge in [0, 0.05) is 63.7 Å². The lowest BCUT2D eigenvalue weighted by atomic mass is 9.74. The van der Waals surface area contributed by atoms with E-state index in [9.17, 15) is 44.4 Å². The summed E-state index contributed by atoms with van der Waals surface area (Å²) in [5.41, 5.74) is -3.96. The number of hydrogen-bond donors (Lipinski definition) is 5. The molecule has 5 N–H and O–H groups in total. The van der Waals surface area contributed by atoms with Gasteiger partial charge in [-0.05, 0) is 118 Å². The molecule has 4 aliphatic rings. The highest BCUT2D eigenvalue weighted by molar-refractivity contribution is 5.94. The van der Waals surface area contributed by atoms with E-state index in [4.69, 9.17) is 42.6 Å². The van der Waals surface area contributed by atoms with Crippen LogP contribution in [-0.4, -0.2) is 186 Å². The fourth-order valence-corrected chi connectivity index (χ4v) is 12.3. The molecule has 0 unspecified atom stereocenters. The van der Waals surface area contributed by atoms with Gasteiger partial charge in [-0.3, -0.25) is 19.2 Å². The Kier molecular flexibility index (Phi) is 21.2. The summed E-state index contributed by atoms with van der Waals surface area (Å²) in [4.78, 5) is 69.4. The zero-order valence-corrected chi connectivity index (χ0v) is 48.3. The monoisotopic (exact) mass is 1100 g/mol. The number of aromatic carboxylic acids is 1. The minimum absolute atomic E-state index is 0.0204. The average Bonchev–Trinajstić information content (AvgIpc) is 3.68. The lowest BCUT2D eigenvalue weighted by Crippen LogP contribution is -2.61. The zero-order chi connectivity index (χ0) is 57.8. The number of carbonyl (C=O) groups is 4. The number of carboxylic acid groups (broad SMARTS) is 1. The molecule has 3 fully saturated rings. The number of benzene rings is 1. The third-order valence-electron chi connectivity index (χ3n) is 17.0. The lowest BCUT2D eigenvalue weighted by molar-refractivity contribution is -0.320. The molecule has 0 aliphatic carbocycles. The van der Waals surface area contributed by atoms with E-state index in [0.29, 0.717) is 68.6 Å². The third kappa shape index (κ3) is 13.8. The van der Waals surface area contributed by atoms with Crippen LogP contribution in [0.15, 0.2) is 23.1 Å². The van der Waals surface area contributed by atoms with Gasteiger partial charge in [-0.15, -0.1) is 0 Å². The Bertz CT molecular complexity index is 2470. The molecule has 5 heterocycles. The van der Waals surface area contributed by atoms with Crippen LogP contribution in [0.5, 0.6) is 5.75 Å². The highest BCUT2D eigenvalue weighted by atomic mass is 16.7. The summed E-state index contributed by atoms with van der Waals surface area (Å²) in [7, 11) is 6.72. The Labute approximate surface area is 458 Å². The normalized spacial score (nSPS) is 37.3. The second kappa shape index (κ2) is 26.2. The molecule has 18 atom stereocenters. The van der Waals surface area contributed by atoms with Gasteiger partial charge < -0.3 is 77.8 Å². The maximum absolute atomic E-state index is 14.6. The minimum atomic E-state index is -2.03. The van der Waals surface area contributed by atoms with Crippen molar-refractivity contribution < 1.29 is 82.2 Å². The molecule has 3 saturated heterocycles. The van der Waals surface area contributed by atoms with Crippen molar-refractivity contribution in [3.8, 4) is 5.75 Å². The predicted octanol–water partition coefficient (Wildman–Crippen LogP) is 4.40. The van der Waals surface area contributed by atoms with Gasteiger partial charge in [-0.2, -0.15) is 0 Å². The standard InChI is InChI=1S/C57H89N3O18/c1-15-41-57(10,69)49(65)32(4)45(62)30(2)27-55(8,70-13)50(78-54-47(64)39(59(11)12)24-31(3)73-54)33(5)48(34(6)53(68)75-41)77-43-28-56(9,71-14)51(35(7)74-43)76-42(61)19-21-58-20-16-18-36-25-37-44-40(26-36)72-23-17-22-60(44)29-38(46(37)63)52(66)67/h25-26,29-35,39,41,43,47-51,54,58,64-65,69H,15-24,27-28H2,1-14H3,(H,66,67)/t30-,31-,32+,33+,34-,35+,39+,41-,43+,47-,48+,49-,50-,51+,54+,55-,56-,57-/m1/s1. The Morgan fingerprint density at radius 3 is 2.23 bits per heavy atom. The second-order valence-corrected chi connectivity index (χ2v) is 23.3. The number of pyridine rings is 1. The van der Waals surface area contributed by atoms with Crippen molar-refractivity contribution >= 4 is 34.6 Å². The van der Waals surface area contributed by atoms with E-state index in [0.717, 1.165) is 5.56 Å². The van der Waals surface area contributed by atoms with Crippen LogP contribution in [0.1, 0.15) is 130 Å². The van der Waals surface area contributed by atoms with Crippen LogP contribution in [0.2, 0.25) is 0 Å². The highest BCUT2D eigenvalue weighted by Gasteiger charge is 2.55. The largest absolute Gasteiger partial charge is 0.491 e.